The van der Waals surface area contributed by atoms with Crippen LogP contribution in [0.5, 0.6) is 5.75 Å². The number of carbonyl (C=O) groups is 1. The first-order chi connectivity index (χ1) is 12.9. The summed E-state index contributed by atoms with van der Waals surface area (Å²) in [7, 11) is 0. The summed E-state index contributed by atoms with van der Waals surface area (Å²) in [6.45, 7) is 0. The maximum atomic E-state index is 13.3. The summed E-state index contributed by atoms with van der Waals surface area (Å²) in [4.78, 5) is 11.9. The predicted molar refractivity (Wildman–Crippen MR) is 96.4 cm³/mol. The molecule has 2 aromatic carbocycles. The maximum absolute atomic E-state index is 13.3. The molecule has 1 amide bonds. The lowest BCUT2D eigenvalue weighted by molar-refractivity contribution is 0.0998. The Morgan fingerprint density at radius 3 is 2.30 bits per heavy atom. The van der Waals surface area contributed by atoms with Gasteiger partial charge in [-0.2, -0.15) is 5.10 Å². The van der Waals surface area contributed by atoms with Crippen LogP contribution in [0.15, 0.2) is 42.5 Å². The summed E-state index contributed by atoms with van der Waals surface area (Å²) in [5, 5.41) is 16.4. The number of nitrogens with zero attached hydrogens (tertiary/aromatic N) is 1. The van der Waals surface area contributed by atoms with E-state index in [4.69, 9.17) is 5.73 Å². The summed E-state index contributed by atoms with van der Waals surface area (Å²) in [6, 6.07) is 10.5. The molecule has 1 heterocycles. The van der Waals surface area contributed by atoms with E-state index in [-0.39, 0.29) is 5.75 Å². The fourth-order valence-electron chi connectivity index (χ4n) is 2.96. The quantitative estimate of drug-likeness (QED) is 0.596. The number of aromatic hydroxyl groups is 1. The van der Waals surface area contributed by atoms with Crippen molar-refractivity contribution in [1.82, 2.24) is 10.2 Å². The number of hydrogen-bond donors (Lipinski definition) is 3. The maximum Gasteiger partial charge on any atom is 0.252 e. The zero-order valence-corrected chi connectivity index (χ0v) is 14.5. The van der Waals surface area contributed by atoms with Gasteiger partial charge in [-0.15, -0.1) is 0 Å². The van der Waals surface area contributed by atoms with Crippen molar-refractivity contribution < 1.29 is 18.7 Å². The molecule has 0 radical (unpaired) electrons. The first-order valence-corrected chi connectivity index (χ1v) is 8.52. The van der Waals surface area contributed by atoms with Crippen molar-refractivity contribution in [3.63, 3.8) is 0 Å². The lowest BCUT2D eigenvalue weighted by Crippen LogP contribution is -2.15. The van der Waals surface area contributed by atoms with E-state index in [2.05, 4.69) is 10.2 Å². The number of phenolic OH excluding ortho intramolecular Hbond substituents is 1. The number of nitrogens with two attached hydrogens (primary N) is 1. The van der Waals surface area contributed by atoms with Gasteiger partial charge in [0.15, 0.2) is 11.6 Å². The van der Waals surface area contributed by atoms with Crippen molar-refractivity contribution in [2.24, 2.45) is 5.73 Å². The Labute approximate surface area is 154 Å². The van der Waals surface area contributed by atoms with Gasteiger partial charge in [0, 0.05) is 5.69 Å². The second-order valence-corrected chi connectivity index (χ2v) is 6.30. The van der Waals surface area contributed by atoms with E-state index >= 15 is 0 Å². The average molecular weight is 371 g/mol. The van der Waals surface area contributed by atoms with Crippen LogP contribution in [0, 0.1) is 11.6 Å². The number of aromatic amines is 1. The molecule has 0 unspecified atom stereocenters. The molecule has 3 rings (SSSR count). The summed E-state index contributed by atoms with van der Waals surface area (Å²) in [6.07, 6.45) is 1.95. The molecule has 7 heteroatoms. The number of halogens is 2. The largest absolute Gasteiger partial charge is 0.508 e. The van der Waals surface area contributed by atoms with Crippen LogP contribution in [0.25, 0.3) is 0 Å². The van der Waals surface area contributed by atoms with Crippen LogP contribution in [0.2, 0.25) is 0 Å². The van der Waals surface area contributed by atoms with E-state index in [0.29, 0.717) is 48.2 Å². The molecule has 0 saturated heterocycles. The van der Waals surface area contributed by atoms with Crippen LogP contribution in [-0.4, -0.2) is 21.2 Å². The van der Waals surface area contributed by atoms with Crippen molar-refractivity contribution in [3.8, 4) is 5.75 Å². The zero-order valence-electron chi connectivity index (χ0n) is 14.5. The molecule has 0 spiro atoms. The van der Waals surface area contributed by atoms with Crippen LogP contribution < -0.4 is 5.73 Å². The third-order valence-corrected chi connectivity index (χ3v) is 4.40. The normalized spacial score (nSPS) is 10.9. The van der Waals surface area contributed by atoms with E-state index in [0.717, 1.165) is 17.7 Å². The predicted octanol–water partition coefficient (Wildman–Crippen LogP) is 3.06. The molecule has 4 N–H and O–H groups in total. The van der Waals surface area contributed by atoms with Gasteiger partial charge in [-0.25, -0.2) is 8.78 Å². The highest BCUT2D eigenvalue weighted by atomic mass is 19.2. The monoisotopic (exact) mass is 371 g/mol. The molecule has 5 nitrogen and oxygen atoms in total. The van der Waals surface area contributed by atoms with E-state index in [9.17, 15) is 18.7 Å². The van der Waals surface area contributed by atoms with Crippen LogP contribution in [-0.2, 0) is 25.7 Å². The Bertz CT molecular complexity index is 952. The molecule has 0 atom stereocenters. The molecular weight excluding hydrogens is 352 g/mol. The van der Waals surface area contributed by atoms with Crippen molar-refractivity contribution in [2.45, 2.75) is 25.7 Å². The van der Waals surface area contributed by atoms with Crippen LogP contribution in [0.4, 0.5) is 8.78 Å². The number of rotatable bonds is 7. The Kier molecular flexibility index (Phi) is 5.49. The summed E-state index contributed by atoms with van der Waals surface area (Å²) in [5.74, 6) is -2.19. The number of benzene rings is 2. The lowest BCUT2D eigenvalue weighted by atomic mass is 10.0. The fourth-order valence-corrected chi connectivity index (χ4v) is 2.96. The van der Waals surface area contributed by atoms with Crippen LogP contribution >= 0.6 is 0 Å². The number of nitrogens with one attached hydrogen (secondary N) is 1. The highest BCUT2D eigenvalue weighted by Gasteiger charge is 2.18. The third kappa shape index (κ3) is 4.49. The molecule has 0 aliphatic heterocycles. The molecular formula is C20H19F2N3O2. The molecule has 27 heavy (non-hydrogen) atoms. The van der Waals surface area contributed by atoms with E-state index in [1.807, 2.05) is 0 Å². The van der Waals surface area contributed by atoms with E-state index in [1.165, 1.54) is 6.07 Å². The van der Waals surface area contributed by atoms with E-state index < -0.39 is 17.5 Å². The van der Waals surface area contributed by atoms with Gasteiger partial charge in [-0.05, 0) is 61.1 Å². The second kappa shape index (κ2) is 7.99. The standard InChI is InChI=1S/C20H19F2N3O2/c21-15-8-3-13(11-16(15)22)5-10-18-19(20(23)27)17(24-25-18)9-4-12-1-6-14(26)7-2-12/h1-3,6-8,11,26H,4-5,9-10H2,(H2,23,27)(H,24,25). The number of amides is 1. The number of phenols is 1. The van der Waals surface area contributed by atoms with Gasteiger partial charge in [0.05, 0.1) is 11.3 Å². The summed E-state index contributed by atoms with van der Waals surface area (Å²) in [5.41, 5.74) is 8.62. The van der Waals surface area contributed by atoms with Crippen molar-refractivity contribution >= 4 is 5.91 Å². The van der Waals surface area contributed by atoms with Gasteiger partial charge in [-0.3, -0.25) is 9.89 Å². The number of aryl methyl sites for hydroxylation is 4. The minimum Gasteiger partial charge on any atom is -0.508 e. The van der Waals surface area contributed by atoms with Crippen molar-refractivity contribution in [2.75, 3.05) is 0 Å². The molecule has 0 fully saturated rings. The number of carbonyl (C=O) groups excluding carboxylic acids is 1. The number of primary amides is 1. The minimum atomic E-state index is -0.903. The number of aromatic nitrogens is 2. The smallest absolute Gasteiger partial charge is 0.252 e. The average Bonchev–Trinajstić information content (AvgIpc) is 3.05. The minimum absolute atomic E-state index is 0.192. The Morgan fingerprint density at radius 1 is 0.963 bits per heavy atom. The number of H-pyrrole nitrogens is 1. The molecule has 3 aromatic rings. The zero-order chi connectivity index (χ0) is 19.4. The van der Waals surface area contributed by atoms with Gasteiger partial charge in [-0.1, -0.05) is 18.2 Å². The Morgan fingerprint density at radius 2 is 1.63 bits per heavy atom. The first kappa shape index (κ1) is 18.6. The van der Waals surface area contributed by atoms with Gasteiger partial charge < -0.3 is 10.8 Å². The Balaban J connectivity index is 1.71. The summed E-state index contributed by atoms with van der Waals surface area (Å²) >= 11 is 0. The SMILES string of the molecule is NC(=O)c1c(CCc2ccc(F)c(F)c2)n[nH]c1CCc1ccc(O)cc1. The van der Waals surface area contributed by atoms with Gasteiger partial charge in [0.25, 0.3) is 5.91 Å². The van der Waals surface area contributed by atoms with Crippen molar-refractivity contribution in [1.29, 1.82) is 0 Å². The molecule has 0 saturated carbocycles. The van der Waals surface area contributed by atoms with Gasteiger partial charge in [0.1, 0.15) is 5.75 Å². The van der Waals surface area contributed by atoms with Gasteiger partial charge in [0.2, 0.25) is 0 Å². The highest BCUT2D eigenvalue weighted by Crippen LogP contribution is 2.18. The van der Waals surface area contributed by atoms with Gasteiger partial charge >= 0.3 is 0 Å². The van der Waals surface area contributed by atoms with E-state index in [1.54, 1.807) is 24.3 Å². The second-order valence-electron chi connectivity index (χ2n) is 6.30. The Hall–Kier alpha value is -3.22. The molecule has 1 aromatic heterocycles. The third-order valence-electron chi connectivity index (χ3n) is 4.40. The first-order valence-electron chi connectivity index (χ1n) is 8.52. The highest BCUT2D eigenvalue weighted by molar-refractivity contribution is 5.95. The molecule has 0 aliphatic carbocycles. The lowest BCUT2D eigenvalue weighted by Gasteiger charge is -2.04. The number of hydrogen-bond acceptors (Lipinski definition) is 3. The van der Waals surface area contributed by atoms with Crippen molar-refractivity contribution in [3.05, 3.63) is 82.2 Å². The topological polar surface area (TPSA) is 92.0 Å². The van der Waals surface area contributed by atoms with Crippen LogP contribution in [0.1, 0.15) is 32.9 Å². The van der Waals surface area contributed by atoms with Crippen LogP contribution in [0.3, 0.4) is 0 Å². The fraction of sp³-hybridized carbons (Fsp3) is 0.200. The summed E-state index contributed by atoms with van der Waals surface area (Å²) < 4.78 is 26.3. The molecule has 0 bridgehead atoms. The molecule has 0 aliphatic rings. The molecule has 140 valence electrons.